The molecule has 2 heterocycles. The fraction of sp³-hybridized carbons (Fsp3) is 0.190. The molecule has 0 fully saturated rings. The highest BCUT2D eigenvalue weighted by atomic mass is 35.5. The van der Waals surface area contributed by atoms with Crippen LogP contribution in [-0.4, -0.2) is 15.9 Å². The van der Waals surface area contributed by atoms with Crippen molar-refractivity contribution in [1.29, 1.82) is 0 Å². The largest absolute Gasteiger partial charge is 0.279 e. The number of benzene rings is 2. The first kappa shape index (κ1) is 19.1. The number of rotatable bonds is 4. The molecular formula is C21H18ClN3OS2. The van der Waals surface area contributed by atoms with Gasteiger partial charge >= 0.3 is 0 Å². The van der Waals surface area contributed by atoms with Crippen LogP contribution < -0.4 is 4.90 Å². The Morgan fingerprint density at radius 3 is 2.46 bits per heavy atom. The number of anilines is 1. The molecule has 0 aliphatic carbocycles. The van der Waals surface area contributed by atoms with Crippen LogP contribution >= 0.6 is 34.3 Å². The molecule has 4 rings (SSSR count). The van der Waals surface area contributed by atoms with Crippen molar-refractivity contribution in [3.63, 3.8) is 0 Å². The number of hydrogen-bond donors (Lipinski definition) is 0. The van der Waals surface area contributed by atoms with Gasteiger partial charge in [-0.2, -0.15) is 0 Å². The molecule has 1 amide bonds. The van der Waals surface area contributed by atoms with E-state index in [0.29, 0.717) is 21.6 Å². The summed E-state index contributed by atoms with van der Waals surface area (Å²) >= 11 is 9.19. The Balaban J connectivity index is 1.82. The monoisotopic (exact) mass is 427 g/mol. The summed E-state index contributed by atoms with van der Waals surface area (Å²) in [6, 6.07) is 13.8. The van der Waals surface area contributed by atoms with Gasteiger partial charge in [0.05, 0.1) is 27.5 Å². The maximum absolute atomic E-state index is 13.4. The normalized spacial score (nSPS) is 11.1. The molecule has 0 spiro atoms. The minimum absolute atomic E-state index is 0.0743. The summed E-state index contributed by atoms with van der Waals surface area (Å²) in [5.74, 6) is -0.0743. The van der Waals surface area contributed by atoms with Crippen LogP contribution in [0.2, 0.25) is 5.02 Å². The summed E-state index contributed by atoms with van der Waals surface area (Å²) in [6.45, 7) is 6.19. The lowest BCUT2D eigenvalue weighted by atomic mass is 10.2. The molecule has 0 saturated carbocycles. The summed E-state index contributed by atoms with van der Waals surface area (Å²) in [6.07, 6.45) is 0. The zero-order valence-corrected chi connectivity index (χ0v) is 18.1. The summed E-state index contributed by atoms with van der Waals surface area (Å²) in [7, 11) is 0. The second-order valence-electron chi connectivity index (χ2n) is 6.54. The van der Waals surface area contributed by atoms with Crippen molar-refractivity contribution >= 4 is 55.5 Å². The number of hydrogen-bond acceptors (Lipinski definition) is 5. The number of halogens is 1. The summed E-state index contributed by atoms with van der Waals surface area (Å²) in [5, 5.41) is 2.23. The molecule has 2 aromatic heterocycles. The fourth-order valence-electron chi connectivity index (χ4n) is 3.05. The second kappa shape index (κ2) is 7.62. The van der Waals surface area contributed by atoms with Crippen molar-refractivity contribution in [2.24, 2.45) is 0 Å². The first-order valence-electron chi connectivity index (χ1n) is 8.79. The highest BCUT2D eigenvalue weighted by Gasteiger charge is 2.25. The van der Waals surface area contributed by atoms with E-state index in [-0.39, 0.29) is 5.91 Å². The minimum Gasteiger partial charge on any atom is -0.279 e. The summed E-state index contributed by atoms with van der Waals surface area (Å²) in [5.41, 5.74) is 3.57. The molecule has 2 aromatic carbocycles. The molecule has 0 N–H and O–H groups in total. The van der Waals surface area contributed by atoms with Gasteiger partial charge in [-0.3, -0.25) is 9.69 Å². The minimum atomic E-state index is -0.0743. The molecule has 0 atom stereocenters. The van der Waals surface area contributed by atoms with E-state index in [9.17, 15) is 4.79 Å². The Morgan fingerprint density at radius 1 is 1.04 bits per heavy atom. The SMILES string of the molecule is Cc1nc(C)c(C(=O)N(Cc2ccccc2)c2nc3c(C)c(Cl)ccc3s2)s1. The van der Waals surface area contributed by atoms with Gasteiger partial charge in [-0.1, -0.05) is 53.3 Å². The maximum Gasteiger partial charge on any atom is 0.272 e. The second-order valence-corrected chi connectivity index (χ2v) is 9.16. The van der Waals surface area contributed by atoms with Crippen molar-refractivity contribution in [1.82, 2.24) is 9.97 Å². The van der Waals surface area contributed by atoms with Gasteiger partial charge in [0.2, 0.25) is 0 Å². The van der Waals surface area contributed by atoms with E-state index in [1.54, 1.807) is 4.90 Å². The first-order valence-corrected chi connectivity index (χ1v) is 10.8. The Kier molecular flexibility index (Phi) is 5.19. The predicted octanol–water partition coefficient (Wildman–Crippen LogP) is 6.18. The lowest BCUT2D eigenvalue weighted by Crippen LogP contribution is -2.30. The van der Waals surface area contributed by atoms with Crippen molar-refractivity contribution in [3.8, 4) is 0 Å². The molecule has 7 heteroatoms. The van der Waals surface area contributed by atoms with E-state index >= 15 is 0 Å². The number of amides is 1. The Labute approximate surface area is 176 Å². The number of fused-ring (bicyclic) bond motifs is 1. The van der Waals surface area contributed by atoms with Crippen LogP contribution in [-0.2, 0) is 6.54 Å². The van der Waals surface area contributed by atoms with Gasteiger partial charge in [-0.05, 0) is 44.0 Å². The zero-order valence-electron chi connectivity index (χ0n) is 15.7. The van der Waals surface area contributed by atoms with Gasteiger partial charge in [-0.15, -0.1) is 11.3 Å². The summed E-state index contributed by atoms with van der Waals surface area (Å²) < 4.78 is 1.01. The van der Waals surface area contributed by atoms with Crippen LogP contribution in [0.1, 0.15) is 31.5 Å². The van der Waals surface area contributed by atoms with Crippen molar-refractivity contribution in [2.75, 3.05) is 4.90 Å². The molecule has 0 unspecified atom stereocenters. The van der Waals surface area contributed by atoms with E-state index in [4.69, 9.17) is 16.6 Å². The van der Waals surface area contributed by atoms with Gasteiger partial charge in [0, 0.05) is 5.02 Å². The Bertz CT molecular complexity index is 1170. The molecule has 0 aliphatic heterocycles. The fourth-order valence-corrected chi connectivity index (χ4v) is 5.09. The van der Waals surface area contributed by atoms with Gasteiger partial charge in [-0.25, -0.2) is 9.97 Å². The van der Waals surface area contributed by atoms with Crippen molar-refractivity contribution < 1.29 is 4.79 Å². The average Bonchev–Trinajstić information content (AvgIpc) is 3.26. The number of aromatic nitrogens is 2. The van der Waals surface area contributed by atoms with Crippen molar-refractivity contribution in [3.05, 3.63) is 74.2 Å². The molecule has 4 nitrogen and oxygen atoms in total. The van der Waals surface area contributed by atoms with Crippen LogP contribution in [0.25, 0.3) is 10.2 Å². The molecule has 142 valence electrons. The molecular weight excluding hydrogens is 410 g/mol. The Morgan fingerprint density at radius 2 is 1.79 bits per heavy atom. The predicted molar refractivity (Wildman–Crippen MR) is 118 cm³/mol. The lowest BCUT2D eigenvalue weighted by molar-refractivity contribution is 0.0988. The smallest absolute Gasteiger partial charge is 0.272 e. The quantitative estimate of drug-likeness (QED) is 0.390. The van der Waals surface area contributed by atoms with Crippen LogP contribution in [0.4, 0.5) is 5.13 Å². The Hall–Kier alpha value is -2.28. The van der Waals surface area contributed by atoms with E-state index in [0.717, 1.165) is 32.0 Å². The molecule has 0 aliphatic rings. The van der Waals surface area contributed by atoms with E-state index in [2.05, 4.69) is 4.98 Å². The van der Waals surface area contributed by atoms with Crippen LogP contribution in [0, 0.1) is 20.8 Å². The number of aryl methyl sites for hydroxylation is 3. The van der Waals surface area contributed by atoms with Gasteiger partial charge < -0.3 is 0 Å². The first-order chi connectivity index (χ1) is 13.4. The third-order valence-electron chi connectivity index (χ3n) is 4.49. The third kappa shape index (κ3) is 3.55. The van der Waals surface area contributed by atoms with Crippen LogP contribution in [0.3, 0.4) is 0 Å². The standard InChI is InChI=1S/C21H18ClN3OS2/c1-12-16(22)9-10-17-18(12)24-21(28-17)25(11-15-7-5-4-6-8-15)20(26)19-13(2)23-14(3)27-19/h4-10H,11H2,1-3H3. The van der Waals surface area contributed by atoms with E-state index in [1.807, 2.05) is 63.2 Å². The zero-order chi connectivity index (χ0) is 19.8. The number of carbonyl (C=O) groups is 1. The van der Waals surface area contributed by atoms with Gasteiger partial charge in [0.1, 0.15) is 4.88 Å². The summed E-state index contributed by atoms with van der Waals surface area (Å²) in [4.78, 5) is 25.0. The number of carbonyl (C=O) groups excluding carboxylic acids is 1. The topological polar surface area (TPSA) is 46.1 Å². The van der Waals surface area contributed by atoms with E-state index in [1.165, 1.54) is 22.7 Å². The molecule has 0 bridgehead atoms. The number of nitrogens with zero attached hydrogens (tertiary/aromatic N) is 3. The van der Waals surface area contributed by atoms with Gasteiger partial charge in [0.25, 0.3) is 5.91 Å². The van der Waals surface area contributed by atoms with E-state index < -0.39 is 0 Å². The average molecular weight is 428 g/mol. The van der Waals surface area contributed by atoms with Crippen LogP contribution in [0.5, 0.6) is 0 Å². The third-order valence-corrected chi connectivity index (χ3v) is 7.01. The molecule has 0 radical (unpaired) electrons. The number of thiazole rings is 2. The van der Waals surface area contributed by atoms with Crippen LogP contribution in [0.15, 0.2) is 42.5 Å². The molecule has 28 heavy (non-hydrogen) atoms. The highest BCUT2D eigenvalue weighted by molar-refractivity contribution is 7.22. The van der Waals surface area contributed by atoms with Gasteiger partial charge in [0.15, 0.2) is 5.13 Å². The maximum atomic E-state index is 13.4. The lowest BCUT2D eigenvalue weighted by Gasteiger charge is -2.19. The highest BCUT2D eigenvalue weighted by Crippen LogP contribution is 2.35. The molecule has 4 aromatic rings. The molecule has 0 saturated heterocycles. The van der Waals surface area contributed by atoms with Crippen molar-refractivity contribution in [2.45, 2.75) is 27.3 Å².